The molecule has 2 N–H and O–H groups in total. The van der Waals surface area contributed by atoms with Gasteiger partial charge in [0.25, 0.3) is 0 Å². The van der Waals surface area contributed by atoms with Crippen LogP contribution in [0.5, 0.6) is 0 Å². The van der Waals surface area contributed by atoms with Gasteiger partial charge in [0.05, 0.1) is 6.54 Å². The second-order valence-electron chi connectivity index (χ2n) is 4.56. The van der Waals surface area contributed by atoms with E-state index in [1.54, 1.807) is 4.72 Å². The Kier molecular flexibility index (Phi) is 5.20. The van der Waals surface area contributed by atoms with E-state index in [1.165, 1.54) is 12.1 Å². The molecule has 5 nitrogen and oxygen atoms in total. The molecule has 0 saturated heterocycles. The fraction of sp³-hybridized carbons (Fsp3) is 0.0714. The molecule has 0 aliphatic rings. The van der Waals surface area contributed by atoms with Crippen LogP contribution in [-0.2, 0) is 14.8 Å². The summed E-state index contributed by atoms with van der Waals surface area (Å²) in [7, 11) is -4.59. The summed E-state index contributed by atoms with van der Waals surface area (Å²) < 4.78 is 77.8. The van der Waals surface area contributed by atoms with E-state index in [0.717, 1.165) is 12.1 Å². The molecule has 2 rings (SSSR count). The predicted molar refractivity (Wildman–Crippen MR) is 76.5 cm³/mol. The SMILES string of the molecule is O=C(CNS(=O)(=O)c1ccc(F)c(F)c1F)Nc1cccc(F)c1. The van der Waals surface area contributed by atoms with E-state index in [-0.39, 0.29) is 5.69 Å². The van der Waals surface area contributed by atoms with E-state index in [1.807, 2.05) is 0 Å². The Morgan fingerprint density at radius 1 is 1.00 bits per heavy atom. The summed E-state index contributed by atoms with van der Waals surface area (Å²) in [5, 5.41) is 2.21. The number of hydrogen-bond donors (Lipinski definition) is 2. The lowest BCUT2D eigenvalue weighted by molar-refractivity contribution is -0.115. The lowest BCUT2D eigenvalue weighted by Gasteiger charge is -2.09. The number of carbonyl (C=O) groups is 1. The van der Waals surface area contributed by atoms with E-state index in [2.05, 4.69) is 5.32 Å². The number of hydrogen-bond acceptors (Lipinski definition) is 3. The van der Waals surface area contributed by atoms with Crippen LogP contribution in [0.2, 0.25) is 0 Å². The van der Waals surface area contributed by atoms with Gasteiger partial charge in [-0.25, -0.2) is 30.7 Å². The molecule has 0 radical (unpaired) electrons. The molecule has 0 unspecified atom stereocenters. The van der Waals surface area contributed by atoms with Crippen molar-refractivity contribution in [2.24, 2.45) is 0 Å². The molecule has 0 saturated carbocycles. The lowest BCUT2D eigenvalue weighted by Crippen LogP contribution is -2.33. The number of amides is 1. The number of nitrogens with one attached hydrogen (secondary N) is 2. The molecule has 0 spiro atoms. The summed E-state index contributed by atoms with van der Waals surface area (Å²) in [4.78, 5) is 10.5. The Balaban J connectivity index is 2.08. The minimum absolute atomic E-state index is 0.0817. The van der Waals surface area contributed by atoms with Crippen molar-refractivity contribution in [1.29, 1.82) is 0 Å². The van der Waals surface area contributed by atoms with E-state index in [0.29, 0.717) is 12.1 Å². The van der Waals surface area contributed by atoms with Crippen LogP contribution >= 0.6 is 0 Å². The van der Waals surface area contributed by atoms with Gasteiger partial charge >= 0.3 is 0 Å². The summed E-state index contributed by atoms with van der Waals surface area (Å²) >= 11 is 0. The van der Waals surface area contributed by atoms with Gasteiger partial charge < -0.3 is 5.32 Å². The van der Waals surface area contributed by atoms with Crippen LogP contribution in [0.4, 0.5) is 23.2 Å². The third-order valence-electron chi connectivity index (χ3n) is 2.82. The number of anilines is 1. The van der Waals surface area contributed by atoms with Gasteiger partial charge in [-0.1, -0.05) is 6.07 Å². The zero-order valence-corrected chi connectivity index (χ0v) is 12.6. The highest BCUT2D eigenvalue weighted by atomic mass is 32.2. The molecule has 2 aromatic carbocycles. The molecule has 24 heavy (non-hydrogen) atoms. The Labute approximate surface area is 134 Å². The van der Waals surface area contributed by atoms with Crippen LogP contribution in [0, 0.1) is 23.3 Å². The summed E-state index contributed by atoms with van der Waals surface area (Å²) in [5.41, 5.74) is 0.0817. The van der Waals surface area contributed by atoms with Crippen molar-refractivity contribution in [1.82, 2.24) is 4.72 Å². The van der Waals surface area contributed by atoms with Gasteiger partial charge in [-0.05, 0) is 30.3 Å². The molecule has 2 aromatic rings. The first-order valence-corrected chi connectivity index (χ1v) is 7.87. The van der Waals surface area contributed by atoms with Gasteiger partial charge in [0.2, 0.25) is 15.9 Å². The van der Waals surface area contributed by atoms with Crippen molar-refractivity contribution in [3.8, 4) is 0 Å². The van der Waals surface area contributed by atoms with Crippen LogP contribution < -0.4 is 10.0 Å². The maximum Gasteiger partial charge on any atom is 0.244 e. The number of sulfonamides is 1. The van der Waals surface area contributed by atoms with Crippen molar-refractivity contribution in [2.45, 2.75) is 4.90 Å². The average Bonchev–Trinajstić information content (AvgIpc) is 2.50. The molecule has 0 atom stereocenters. The van der Waals surface area contributed by atoms with Gasteiger partial charge in [0.1, 0.15) is 10.7 Å². The monoisotopic (exact) mass is 362 g/mol. The predicted octanol–water partition coefficient (Wildman–Crippen LogP) is 2.16. The summed E-state index contributed by atoms with van der Waals surface area (Å²) in [6.07, 6.45) is 0. The molecule has 1 amide bonds. The van der Waals surface area contributed by atoms with E-state index in [4.69, 9.17) is 0 Å². The van der Waals surface area contributed by atoms with E-state index in [9.17, 15) is 30.8 Å². The molecular formula is C14H10F4N2O3S. The molecule has 10 heteroatoms. The normalized spacial score (nSPS) is 11.3. The molecular weight excluding hydrogens is 352 g/mol. The fourth-order valence-corrected chi connectivity index (χ4v) is 2.77. The maximum atomic E-state index is 13.5. The first-order chi connectivity index (χ1) is 11.2. The summed E-state index contributed by atoms with van der Waals surface area (Å²) in [6, 6.07) is 5.81. The van der Waals surface area contributed by atoms with Gasteiger partial charge in [0, 0.05) is 5.69 Å². The highest BCUT2D eigenvalue weighted by Gasteiger charge is 2.24. The Morgan fingerprint density at radius 2 is 1.71 bits per heavy atom. The largest absolute Gasteiger partial charge is 0.325 e. The molecule has 0 aliphatic heterocycles. The second kappa shape index (κ2) is 6.97. The third kappa shape index (κ3) is 4.09. The van der Waals surface area contributed by atoms with Crippen molar-refractivity contribution in [3.05, 3.63) is 59.7 Å². The van der Waals surface area contributed by atoms with Gasteiger partial charge in [-0.15, -0.1) is 0 Å². The Bertz CT molecular complexity index is 888. The Hall–Kier alpha value is -2.46. The first kappa shape index (κ1) is 17.9. The number of halogens is 4. The maximum absolute atomic E-state index is 13.5. The van der Waals surface area contributed by atoms with Crippen molar-refractivity contribution >= 4 is 21.6 Å². The van der Waals surface area contributed by atoms with Crippen molar-refractivity contribution in [3.63, 3.8) is 0 Å². The molecule has 0 aliphatic carbocycles. The third-order valence-corrected chi connectivity index (χ3v) is 4.24. The first-order valence-electron chi connectivity index (χ1n) is 6.39. The zero-order chi connectivity index (χ0) is 17.9. The lowest BCUT2D eigenvalue weighted by atomic mass is 10.3. The Morgan fingerprint density at radius 3 is 2.38 bits per heavy atom. The van der Waals surface area contributed by atoms with E-state index < -0.39 is 50.6 Å². The number of benzene rings is 2. The van der Waals surface area contributed by atoms with Crippen LogP contribution in [-0.4, -0.2) is 20.9 Å². The summed E-state index contributed by atoms with van der Waals surface area (Å²) in [5.74, 6) is -6.87. The minimum Gasteiger partial charge on any atom is -0.325 e. The second-order valence-corrected chi connectivity index (χ2v) is 6.29. The number of rotatable bonds is 5. The molecule has 128 valence electrons. The van der Waals surface area contributed by atoms with Crippen molar-refractivity contribution < 1.29 is 30.8 Å². The quantitative estimate of drug-likeness (QED) is 0.632. The van der Waals surface area contributed by atoms with Gasteiger partial charge in [-0.2, -0.15) is 0 Å². The van der Waals surface area contributed by atoms with Crippen LogP contribution in [0.3, 0.4) is 0 Å². The zero-order valence-electron chi connectivity index (χ0n) is 11.8. The molecule has 0 bridgehead atoms. The minimum atomic E-state index is -4.59. The highest BCUT2D eigenvalue weighted by Crippen LogP contribution is 2.19. The van der Waals surface area contributed by atoms with Crippen molar-refractivity contribution in [2.75, 3.05) is 11.9 Å². The molecule has 0 heterocycles. The van der Waals surface area contributed by atoms with Crippen LogP contribution in [0.1, 0.15) is 0 Å². The summed E-state index contributed by atoms with van der Waals surface area (Å²) in [6.45, 7) is -0.822. The van der Waals surface area contributed by atoms with Gasteiger partial charge in [-0.3, -0.25) is 4.79 Å². The smallest absolute Gasteiger partial charge is 0.244 e. The fourth-order valence-electron chi connectivity index (χ4n) is 1.73. The standard InChI is InChI=1S/C14H10F4N2O3S/c15-8-2-1-3-9(6-8)20-12(21)7-19-24(22,23)11-5-4-10(16)13(17)14(11)18/h1-6,19H,7H2,(H,20,21). The van der Waals surface area contributed by atoms with Gasteiger partial charge in [0.15, 0.2) is 17.5 Å². The van der Waals surface area contributed by atoms with Crippen LogP contribution in [0.25, 0.3) is 0 Å². The highest BCUT2D eigenvalue weighted by molar-refractivity contribution is 7.89. The molecule has 0 aromatic heterocycles. The van der Waals surface area contributed by atoms with Crippen LogP contribution in [0.15, 0.2) is 41.3 Å². The number of carbonyl (C=O) groups excluding carboxylic acids is 1. The topological polar surface area (TPSA) is 75.3 Å². The van der Waals surface area contributed by atoms with E-state index >= 15 is 0 Å². The average molecular weight is 362 g/mol. The molecule has 0 fully saturated rings.